The maximum absolute atomic E-state index is 13.1. The van der Waals surface area contributed by atoms with Crippen LogP contribution in [0.5, 0.6) is 0 Å². The second kappa shape index (κ2) is 9.94. The molecule has 0 atom stereocenters. The monoisotopic (exact) mass is 448 g/mol. The predicted octanol–water partition coefficient (Wildman–Crippen LogP) is 3.66. The van der Waals surface area contributed by atoms with E-state index >= 15 is 0 Å². The highest BCUT2D eigenvalue weighted by molar-refractivity contribution is 5.76. The molecule has 0 bridgehead atoms. The van der Waals surface area contributed by atoms with Gasteiger partial charge in [-0.05, 0) is 49.1 Å². The zero-order chi connectivity index (χ0) is 23.4. The van der Waals surface area contributed by atoms with Crippen LogP contribution in [-0.2, 0) is 11.2 Å². The third kappa shape index (κ3) is 5.45. The summed E-state index contributed by atoms with van der Waals surface area (Å²) in [4.78, 5) is 30.2. The molecule has 33 heavy (non-hydrogen) atoms. The average Bonchev–Trinajstić information content (AvgIpc) is 2.84. The van der Waals surface area contributed by atoms with Gasteiger partial charge in [0.1, 0.15) is 11.6 Å². The Balaban J connectivity index is 1.45. The van der Waals surface area contributed by atoms with Crippen molar-refractivity contribution in [1.29, 1.82) is 0 Å². The van der Waals surface area contributed by atoms with Crippen LogP contribution in [-0.4, -0.2) is 52.9 Å². The number of hydrogen-bond donors (Lipinski definition) is 1. The summed E-state index contributed by atoms with van der Waals surface area (Å²) in [7, 11) is 3.85. The summed E-state index contributed by atoms with van der Waals surface area (Å²) >= 11 is 0. The number of likely N-dealkylation sites (tertiary alicyclic amines) is 1. The van der Waals surface area contributed by atoms with Gasteiger partial charge in [-0.2, -0.15) is 0 Å². The second-order valence-corrected chi connectivity index (χ2v) is 8.62. The number of carbonyl (C=O) groups excluding carboxylic acids is 1. The average molecular weight is 449 g/mol. The highest BCUT2D eigenvalue weighted by atomic mass is 19.1. The first kappa shape index (κ1) is 22.6. The number of halogens is 1. The fourth-order valence-electron chi connectivity index (χ4n) is 4.16. The Hall–Kier alpha value is -3.55. The SMILES string of the molecule is CN(C)c1ncc(-c2ccc(N)nc2)c(C2CCN(C(=O)CCc3ccc(F)cc3)CC2)n1. The summed E-state index contributed by atoms with van der Waals surface area (Å²) in [6, 6.07) is 10.1. The number of nitrogens with two attached hydrogens (primary N) is 1. The first-order valence-electron chi connectivity index (χ1n) is 11.2. The van der Waals surface area contributed by atoms with Gasteiger partial charge in [-0.15, -0.1) is 0 Å². The molecule has 0 unspecified atom stereocenters. The zero-order valence-electron chi connectivity index (χ0n) is 19.0. The molecule has 1 amide bonds. The summed E-state index contributed by atoms with van der Waals surface area (Å²) in [6.07, 6.45) is 6.32. The number of piperidine rings is 1. The van der Waals surface area contributed by atoms with Gasteiger partial charge in [0.2, 0.25) is 11.9 Å². The molecule has 7 nitrogen and oxygen atoms in total. The molecule has 0 spiro atoms. The third-order valence-electron chi connectivity index (χ3n) is 6.08. The van der Waals surface area contributed by atoms with Crippen LogP contribution in [0.15, 0.2) is 48.8 Å². The van der Waals surface area contributed by atoms with Crippen molar-refractivity contribution in [2.24, 2.45) is 0 Å². The van der Waals surface area contributed by atoms with Crippen molar-refractivity contribution in [2.45, 2.75) is 31.6 Å². The Morgan fingerprint density at radius 1 is 1.09 bits per heavy atom. The molecule has 1 aromatic carbocycles. The zero-order valence-corrected chi connectivity index (χ0v) is 19.0. The third-order valence-corrected chi connectivity index (χ3v) is 6.08. The number of aromatic nitrogens is 3. The molecule has 2 aromatic heterocycles. The van der Waals surface area contributed by atoms with Gasteiger partial charge < -0.3 is 15.5 Å². The lowest BCUT2D eigenvalue weighted by atomic mass is 9.89. The smallest absolute Gasteiger partial charge is 0.225 e. The number of amides is 1. The number of nitrogen functional groups attached to an aromatic ring is 1. The molecule has 3 heterocycles. The molecule has 0 saturated carbocycles. The molecule has 0 radical (unpaired) electrons. The molecular weight excluding hydrogens is 419 g/mol. The van der Waals surface area contributed by atoms with Gasteiger partial charge >= 0.3 is 0 Å². The van der Waals surface area contributed by atoms with E-state index in [0.29, 0.717) is 37.7 Å². The van der Waals surface area contributed by atoms with Gasteiger partial charge in [-0.3, -0.25) is 4.79 Å². The minimum absolute atomic E-state index is 0.136. The largest absolute Gasteiger partial charge is 0.384 e. The van der Waals surface area contributed by atoms with Gasteiger partial charge in [0, 0.05) is 63.0 Å². The summed E-state index contributed by atoms with van der Waals surface area (Å²) < 4.78 is 13.1. The number of anilines is 2. The summed E-state index contributed by atoms with van der Waals surface area (Å²) in [5, 5.41) is 0. The molecule has 2 N–H and O–H groups in total. The maximum atomic E-state index is 13.1. The number of nitrogens with zero attached hydrogens (tertiary/aromatic N) is 5. The number of benzene rings is 1. The van der Waals surface area contributed by atoms with E-state index in [1.54, 1.807) is 24.4 Å². The highest BCUT2D eigenvalue weighted by Gasteiger charge is 2.27. The minimum Gasteiger partial charge on any atom is -0.384 e. The Labute approximate surface area is 193 Å². The van der Waals surface area contributed by atoms with Gasteiger partial charge in [0.05, 0.1) is 5.69 Å². The lowest BCUT2D eigenvalue weighted by molar-refractivity contribution is -0.132. The minimum atomic E-state index is -0.261. The van der Waals surface area contributed by atoms with E-state index in [0.717, 1.165) is 35.2 Å². The predicted molar refractivity (Wildman–Crippen MR) is 127 cm³/mol. The first-order valence-corrected chi connectivity index (χ1v) is 11.2. The standard InChI is InChI=1S/C25H29FN6O/c1-31(2)25-29-16-21(19-6-9-22(27)28-15-19)24(30-25)18-11-13-32(14-12-18)23(33)10-5-17-3-7-20(26)8-4-17/h3-4,6-9,15-16,18H,5,10-14H2,1-2H3,(H2,27,28). The number of aryl methyl sites for hydroxylation is 1. The van der Waals surface area contributed by atoms with E-state index in [9.17, 15) is 9.18 Å². The van der Waals surface area contributed by atoms with E-state index in [-0.39, 0.29) is 17.6 Å². The van der Waals surface area contributed by atoms with E-state index in [1.165, 1.54) is 12.1 Å². The topological polar surface area (TPSA) is 88.2 Å². The number of carbonyl (C=O) groups is 1. The molecule has 4 rings (SSSR count). The Bertz CT molecular complexity index is 1090. The molecule has 1 aliphatic rings. The summed E-state index contributed by atoms with van der Waals surface area (Å²) in [5.41, 5.74) is 9.60. The van der Waals surface area contributed by atoms with Crippen LogP contribution in [0.3, 0.4) is 0 Å². The molecule has 172 valence electrons. The van der Waals surface area contributed by atoms with Crippen molar-refractivity contribution in [3.8, 4) is 11.1 Å². The van der Waals surface area contributed by atoms with E-state index in [1.807, 2.05) is 36.2 Å². The molecule has 3 aromatic rings. The van der Waals surface area contributed by atoms with E-state index in [2.05, 4.69) is 9.97 Å². The highest BCUT2D eigenvalue weighted by Crippen LogP contribution is 2.34. The van der Waals surface area contributed by atoms with Crippen LogP contribution in [0.4, 0.5) is 16.2 Å². The Morgan fingerprint density at radius 2 is 1.82 bits per heavy atom. The van der Waals surface area contributed by atoms with Crippen LogP contribution in [0, 0.1) is 5.82 Å². The van der Waals surface area contributed by atoms with Gasteiger partial charge in [-0.25, -0.2) is 19.3 Å². The maximum Gasteiger partial charge on any atom is 0.225 e. The van der Waals surface area contributed by atoms with Crippen molar-refractivity contribution < 1.29 is 9.18 Å². The number of hydrogen-bond acceptors (Lipinski definition) is 6. The second-order valence-electron chi connectivity index (χ2n) is 8.62. The molecular formula is C25H29FN6O. The normalized spacial score (nSPS) is 14.3. The van der Waals surface area contributed by atoms with Gasteiger partial charge in [0.15, 0.2) is 0 Å². The molecule has 0 aliphatic carbocycles. The fraction of sp³-hybridized carbons (Fsp3) is 0.360. The quantitative estimate of drug-likeness (QED) is 0.619. The molecule has 1 saturated heterocycles. The van der Waals surface area contributed by atoms with Crippen LogP contribution < -0.4 is 10.6 Å². The number of rotatable bonds is 6. The van der Waals surface area contributed by atoms with Crippen molar-refractivity contribution in [2.75, 3.05) is 37.8 Å². The van der Waals surface area contributed by atoms with Crippen LogP contribution in [0.25, 0.3) is 11.1 Å². The lowest BCUT2D eigenvalue weighted by Crippen LogP contribution is -2.38. The van der Waals surface area contributed by atoms with Crippen molar-refractivity contribution in [1.82, 2.24) is 19.9 Å². The van der Waals surface area contributed by atoms with E-state index in [4.69, 9.17) is 10.7 Å². The van der Waals surface area contributed by atoms with E-state index < -0.39 is 0 Å². The van der Waals surface area contributed by atoms with Crippen molar-refractivity contribution >= 4 is 17.7 Å². The summed E-state index contributed by atoms with van der Waals surface area (Å²) in [5.74, 6) is 1.23. The van der Waals surface area contributed by atoms with Crippen molar-refractivity contribution in [3.05, 3.63) is 65.9 Å². The number of pyridine rings is 1. The van der Waals surface area contributed by atoms with Crippen LogP contribution in [0.2, 0.25) is 0 Å². The lowest BCUT2D eigenvalue weighted by Gasteiger charge is -2.33. The Kier molecular flexibility index (Phi) is 6.82. The Morgan fingerprint density at radius 3 is 2.45 bits per heavy atom. The van der Waals surface area contributed by atoms with Gasteiger partial charge in [-0.1, -0.05) is 12.1 Å². The molecule has 1 fully saturated rings. The van der Waals surface area contributed by atoms with Crippen LogP contribution >= 0.6 is 0 Å². The van der Waals surface area contributed by atoms with Crippen molar-refractivity contribution in [3.63, 3.8) is 0 Å². The van der Waals surface area contributed by atoms with Crippen LogP contribution in [0.1, 0.15) is 36.4 Å². The fourth-order valence-corrected chi connectivity index (χ4v) is 4.16. The summed E-state index contributed by atoms with van der Waals surface area (Å²) in [6.45, 7) is 1.38. The molecule has 8 heteroatoms. The molecule has 1 aliphatic heterocycles. The van der Waals surface area contributed by atoms with Gasteiger partial charge in [0.25, 0.3) is 0 Å². The first-order chi connectivity index (χ1) is 15.9.